The summed E-state index contributed by atoms with van der Waals surface area (Å²) in [5.74, 6) is 0.756. The van der Waals surface area contributed by atoms with Crippen LogP contribution in [0, 0.1) is 10.1 Å². The number of hydrogen-bond donors (Lipinski definition) is 2. The molecule has 0 spiro atoms. The Bertz CT molecular complexity index is 577. The molecule has 0 aliphatic carbocycles. The first-order valence-electron chi connectivity index (χ1n) is 6.67. The van der Waals surface area contributed by atoms with Crippen molar-refractivity contribution in [2.75, 3.05) is 0 Å². The molecule has 2 rings (SSSR count). The van der Waals surface area contributed by atoms with E-state index >= 15 is 0 Å². The minimum Gasteiger partial charge on any atom is -0.341 e. The monoisotopic (exact) mass is 274 g/mol. The lowest BCUT2D eigenvalue weighted by molar-refractivity contribution is -0.384. The van der Waals surface area contributed by atoms with Gasteiger partial charge in [-0.1, -0.05) is 19.8 Å². The van der Waals surface area contributed by atoms with E-state index in [0.717, 1.165) is 36.3 Å². The molecule has 0 saturated carbocycles. The number of non-ortho nitro benzene ring substituents is 1. The molecular weight excluding hydrogens is 256 g/mol. The molecular formula is C14H18N4O2. The zero-order valence-electron chi connectivity index (χ0n) is 11.4. The summed E-state index contributed by atoms with van der Waals surface area (Å²) in [5, 5.41) is 10.6. The van der Waals surface area contributed by atoms with Crippen LogP contribution in [0.2, 0.25) is 0 Å². The summed E-state index contributed by atoms with van der Waals surface area (Å²) < 4.78 is 0. The fourth-order valence-corrected chi connectivity index (χ4v) is 2.00. The Labute approximate surface area is 117 Å². The lowest BCUT2D eigenvalue weighted by Crippen LogP contribution is -2.11. The van der Waals surface area contributed by atoms with Crippen LogP contribution in [0.5, 0.6) is 0 Å². The number of hydrogen-bond acceptors (Lipinski definition) is 4. The Hall–Kier alpha value is -2.21. The van der Waals surface area contributed by atoms with Crippen molar-refractivity contribution in [2.45, 2.75) is 32.2 Å². The topological polar surface area (TPSA) is 97.8 Å². The van der Waals surface area contributed by atoms with E-state index < -0.39 is 4.92 Å². The maximum Gasteiger partial charge on any atom is 0.269 e. The lowest BCUT2D eigenvalue weighted by atomic mass is 10.1. The predicted molar refractivity (Wildman–Crippen MR) is 77.1 cm³/mol. The van der Waals surface area contributed by atoms with Crippen LogP contribution >= 0.6 is 0 Å². The van der Waals surface area contributed by atoms with Crippen LogP contribution in [0.25, 0.3) is 11.3 Å². The number of nitro groups is 1. The molecule has 1 aromatic heterocycles. The Morgan fingerprint density at radius 2 is 2.10 bits per heavy atom. The smallest absolute Gasteiger partial charge is 0.269 e. The van der Waals surface area contributed by atoms with Crippen molar-refractivity contribution in [1.82, 2.24) is 9.97 Å². The van der Waals surface area contributed by atoms with Crippen molar-refractivity contribution in [3.63, 3.8) is 0 Å². The van der Waals surface area contributed by atoms with Gasteiger partial charge in [-0.15, -0.1) is 0 Å². The van der Waals surface area contributed by atoms with Gasteiger partial charge in [0.15, 0.2) is 0 Å². The van der Waals surface area contributed by atoms with Gasteiger partial charge in [0, 0.05) is 17.7 Å². The number of benzene rings is 1. The van der Waals surface area contributed by atoms with Crippen LogP contribution in [0.3, 0.4) is 0 Å². The summed E-state index contributed by atoms with van der Waals surface area (Å²) in [6.07, 6.45) is 4.77. The maximum absolute atomic E-state index is 10.6. The SMILES string of the molecule is CCCCC(N)c1ncc(-c2ccc([N+](=O)[O-])cc2)[nH]1. The molecule has 0 amide bonds. The Morgan fingerprint density at radius 1 is 1.40 bits per heavy atom. The van der Waals surface area contributed by atoms with E-state index in [2.05, 4.69) is 16.9 Å². The van der Waals surface area contributed by atoms with E-state index in [1.807, 2.05) is 0 Å². The second-order valence-corrected chi connectivity index (χ2v) is 4.73. The largest absolute Gasteiger partial charge is 0.341 e. The van der Waals surface area contributed by atoms with Gasteiger partial charge < -0.3 is 10.7 Å². The molecule has 20 heavy (non-hydrogen) atoms. The van der Waals surface area contributed by atoms with Crippen LogP contribution in [0.1, 0.15) is 38.1 Å². The second kappa shape index (κ2) is 6.29. The average Bonchev–Trinajstić information content (AvgIpc) is 2.94. The number of nitrogens with two attached hydrogens (primary N) is 1. The summed E-state index contributed by atoms with van der Waals surface area (Å²) in [7, 11) is 0. The molecule has 0 aliphatic rings. The van der Waals surface area contributed by atoms with Gasteiger partial charge in [-0.25, -0.2) is 4.98 Å². The highest BCUT2D eigenvalue weighted by molar-refractivity contribution is 5.60. The molecule has 1 heterocycles. The number of nitro benzene ring substituents is 1. The van der Waals surface area contributed by atoms with Crippen LogP contribution in [0.15, 0.2) is 30.5 Å². The number of aromatic nitrogens is 2. The summed E-state index contributed by atoms with van der Waals surface area (Å²) in [6, 6.07) is 6.27. The summed E-state index contributed by atoms with van der Waals surface area (Å²) >= 11 is 0. The standard InChI is InChI=1S/C14H18N4O2/c1-2-3-4-12(15)14-16-9-13(17-14)10-5-7-11(8-6-10)18(19)20/h5-9,12H,2-4,15H2,1H3,(H,16,17). The molecule has 6 nitrogen and oxygen atoms in total. The quantitative estimate of drug-likeness (QED) is 0.624. The molecule has 0 fully saturated rings. The number of rotatable bonds is 6. The average molecular weight is 274 g/mol. The molecule has 6 heteroatoms. The van der Waals surface area contributed by atoms with Crippen LogP contribution in [-0.4, -0.2) is 14.9 Å². The van der Waals surface area contributed by atoms with Gasteiger partial charge in [0.2, 0.25) is 0 Å². The Morgan fingerprint density at radius 3 is 2.70 bits per heavy atom. The first-order valence-corrected chi connectivity index (χ1v) is 6.67. The van der Waals surface area contributed by atoms with E-state index in [-0.39, 0.29) is 11.7 Å². The molecule has 0 radical (unpaired) electrons. The molecule has 0 saturated heterocycles. The summed E-state index contributed by atoms with van der Waals surface area (Å²) in [5.41, 5.74) is 7.81. The third-order valence-electron chi connectivity index (χ3n) is 3.20. The predicted octanol–water partition coefficient (Wildman–Crippen LogP) is 3.17. The van der Waals surface area contributed by atoms with Crippen molar-refractivity contribution >= 4 is 5.69 Å². The van der Waals surface area contributed by atoms with Crippen molar-refractivity contribution in [3.8, 4) is 11.3 Å². The molecule has 0 aliphatic heterocycles. The number of nitrogens with zero attached hydrogens (tertiary/aromatic N) is 2. The fourth-order valence-electron chi connectivity index (χ4n) is 2.00. The van der Waals surface area contributed by atoms with E-state index in [9.17, 15) is 10.1 Å². The van der Waals surface area contributed by atoms with Gasteiger partial charge in [0.1, 0.15) is 5.82 Å². The third kappa shape index (κ3) is 3.21. The van der Waals surface area contributed by atoms with Gasteiger partial charge in [0.05, 0.1) is 22.9 Å². The van der Waals surface area contributed by atoms with Crippen molar-refractivity contribution in [1.29, 1.82) is 0 Å². The first kappa shape index (κ1) is 14.2. The Kier molecular flexibility index (Phi) is 4.47. The van der Waals surface area contributed by atoms with E-state index in [4.69, 9.17) is 5.73 Å². The number of H-pyrrole nitrogens is 1. The highest BCUT2D eigenvalue weighted by atomic mass is 16.6. The molecule has 3 N–H and O–H groups in total. The van der Waals surface area contributed by atoms with E-state index in [1.54, 1.807) is 18.3 Å². The minimum absolute atomic E-state index is 0.0770. The zero-order valence-corrected chi connectivity index (χ0v) is 11.4. The van der Waals surface area contributed by atoms with Crippen molar-refractivity contribution in [3.05, 3.63) is 46.4 Å². The third-order valence-corrected chi connectivity index (χ3v) is 3.20. The minimum atomic E-state index is -0.414. The van der Waals surface area contributed by atoms with Crippen LogP contribution < -0.4 is 5.73 Å². The van der Waals surface area contributed by atoms with Gasteiger partial charge >= 0.3 is 0 Å². The number of nitrogens with one attached hydrogen (secondary N) is 1. The van der Waals surface area contributed by atoms with Crippen molar-refractivity contribution in [2.24, 2.45) is 5.73 Å². The Balaban J connectivity index is 2.13. The molecule has 1 atom stereocenters. The first-order chi connectivity index (χ1) is 9.61. The lowest BCUT2D eigenvalue weighted by Gasteiger charge is -2.07. The number of unbranched alkanes of at least 4 members (excludes halogenated alkanes) is 1. The van der Waals surface area contributed by atoms with Crippen molar-refractivity contribution < 1.29 is 4.92 Å². The van der Waals surface area contributed by atoms with E-state index in [0.29, 0.717) is 0 Å². The van der Waals surface area contributed by atoms with E-state index in [1.165, 1.54) is 12.1 Å². The molecule has 2 aromatic rings. The normalized spacial score (nSPS) is 12.3. The summed E-state index contributed by atoms with van der Waals surface area (Å²) in [4.78, 5) is 17.7. The van der Waals surface area contributed by atoms with Gasteiger partial charge in [-0.05, 0) is 18.6 Å². The molecule has 1 unspecified atom stereocenters. The fraction of sp³-hybridized carbons (Fsp3) is 0.357. The van der Waals surface area contributed by atoms with Gasteiger partial charge in [-0.2, -0.15) is 0 Å². The van der Waals surface area contributed by atoms with Gasteiger partial charge in [0.25, 0.3) is 5.69 Å². The molecule has 0 bridgehead atoms. The maximum atomic E-state index is 10.6. The van der Waals surface area contributed by atoms with Crippen LogP contribution in [-0.2, 0) is 0 Å². The highest BCUT2D eigenvalue weighted by Gasteiger charge is 2.11. The molecule has 106 valence electrons. The second-order valence-electron chi connectivity index (χ2n) is 4.73. The number of aromatic amines is 1. The number of imidazole rings is 1. The highest BCUT2D eigenvalue weighted by Crippen LogP contribution is 2.22. The summed E-state index contributed by atoms with van der Waals surface area (Å²) in [6.45, 7) is 2.12. The zero-order chi connectivity index (χ0) is 14.5. The van der Waals surface area contributed by atoms with Crippen LogP contribution in [0.4, 0.5) is 5.69 Å². The van der Waals surface area contributed by atoms with Gasteiger partial charge in [-0.3, -0.25) is 10.1 Å². The molecule has 1 aromatic carbocycles.